The standard InChI is InChI=1S/C19H30O4/c1-5-9-11-15-13(7-3)14(8-4)17(20)18(23-19(21)22)16(15)12-10-6-2/h20H,5-12H2,1-4H3,(H,21,22). The van der Waals surface area contributed by atoms with Crippen LogP contribution in [0.4, 0.5) is 4.79 Å². The first kappa shape index (κ1) is 19.3. The number of aromatic hydroxyl groups is 1. The summed E-state index contributed by atoms with van der Waals surface area (Å²) in [5.41, 5.74) is 4.07. The van der Waals surface area contributed by atoms with E-state index in [2.05, 4.69) is 20.8 Å². The van der Waals surface area contributed by atoms with Crippen LogP contribution in [0.5, 0.6) is 11.5 Å². The molecule has 4 nitrogen and oxygen atoms in total. The monoisotopic (exact) mass is 322 g/mol. The lowest BCUT2D eigenvalue weighted by Crippen LogP contribution is -2.12. The zero-order valence-electron chi connectivity index (χ0n) is 14.9. The molecule has 0 saturated carbocycles. The first-order valence-corrected chi connectivity index (χ1v) is 8.80. The molecule has 0 radical (unpaired) electrons. The van der Waals surface area contributed by atoms with Crippen molar-refractivity contribution in [2.24, 2.45) is 0 Å². The van der Waals surface area contributed by atoms with Crippen molar-refractivity contribution < 1.29 is 19.7 Å². The van der Waals surface area contributed by atoms with Crippen LogP contribution in [0.15, 0.2) is 0 Å². The third-order valence-electron chi connectivity index (χ3n) is 4.32. The minimum atomic E-state index is -1.37. The predicted octanol–water partition coefficient (Wildman–Crippen LogP) is 5.26. The van der Waals surface area contributed by atoms with E-state index < -0.39 is 6.16 Å². The van der Waals surface area contributed by atoms with Gasteiger partial charge in [-0.3, -0.25) is 0 Å². The number of benzene rings is 1. The van der Waals surface area contributed by atoms with Gasteiger partial charge in [-0.1, -0.05) is 40.5 Å². The molecule has 0 aliphatic carbocycles. The van der Waals surface area contributed by atoms with Crippen LogP contribution in [0.2, 0.25) is 0 Å². The van der Waals surface area contributed by atoms with E-state index in [0.717, 1.165) is 56.1 Å². The van der Waals surface area contributed by atoms with Crippen molar-refractivity contribution in [1.29, 1.82) is 0 Å². The van der Waals surface area contributed by atoms with E-state index in [9.17, 15) is 9.90 Å². The highest BCUT2D eigenvalue weighted by molar-refractivity contribution is 5.68. The molecule has 23 heavy (non-hydrogen) atoms. The summed E-state index contributed by atoms with van der Waals surface area (Å²) in [5.74, 6) is 0.171. The lowest BCUT2D eigenvalue weighted by Gasteiger charge is -2.22. The van der Waals surface area contributed by atoms with Gasteiger partial charge in [0.1, 0.15) is 0 Å². The summed E-state index contributed by atoms with van der Waals surface area (Å²) < 4.78 is 5.00. The summed E-state index contributed by atoms with van der Waals surface area (Å²) in [6, 6.07) is 0. The third kappa shape index (κ3) is 4.63. The highest BCUT2D eigenvalue weighted by Crippen LogP contribution is 2.41. The number of carboxylic acid groups (broad SMARTS) is 1. The first-order chi connectivity index (χ1) is 11.0. The van der Waals surface area contributed by atoms with Gasteiger partial charge in [-0.15, -0.1) is 0 Å². The molecule has 0 unspecified atom stereocenters. The minimum absolute atomic E-state index is 0.0121. The van der Waals surface area contributed by atoms with Gasteiger partial charge < -0.3 is 14.9 Å². The normalized spacial score (nSPS) is 10.8. The number of phenolic OH excluding ortho intramolecular Hbond substituents is 1. The van der Waals surface area contributed by atoms with E-state index in [0.29, 0.717) is 6.42 Å². The van der Waals surface area contributed by atoms with Crippen molar-refractivity contribution in [2.45, 2.75) is 79.1 Å². The second-order valence-electron chi connectivity index (χ2n) is 5.87. The van der Waals surface area contributed by atoms with Crippen LogP contribution in [0, 0.1) is 0 Å². The summed E-state index contributed by atoms with van der Waals surface area (Å²) in [6.07, 6.45) is 5.86. The van der Waals surface area contributed by atoms with E-state index in [1.54, 1.807) is 0 Å². The number of hydrogen-bond donors (Lipinski definition) is 2. The SMILES string of the molecule is CCCCc1c(CC)c(CC)c(O)c(OC(=O)O)c1CCCC. The summed E-state index contributed by atoms with van der Waals surface area (Å²) in [6.45, 7) is 8.32. The molecular formula is C19H30O4. The fraction of sp³-hybridized carbons (Fsp3) is 0.632. The maximum Gasteiger partial charge on any atom is 0.511 e. The van der Waals surface area contributed by atoms with Gasteiger partial charge in [0, 0.05) is 11.1 Å². The number of ether oxygens (including phenoxy) is 1. The minimum Gasteiger partial charge on any atom is -0.504 e. The zero-order chi connectivity index (χ0) is 17.4. The number of rotatable bonds is 9. The Labute approximate surface area is 139 Å². The Morgan fingerprint density at radius 1 is 0.870 bits per heavy atom. The molecule has 1 aromatic carbocycles. The summed E-state index contributed by atoms with van der Waals surface area (Å²) >= 11 is 0. The second-order valence-corrected chi connectivity index (χ2v) is 5.87. The molecule has 0 spiro atoms. The van der Waals surface area contributed by atoms with E-state index in [1.165, 1.54) is 11.1 Å². The average Bonchev–Trinajstić information content (AvgIpc) is 2.53. The Balaban J connectivity index is 3.59. The summed E-state index contributed by atoms with van der Waals surface area (Å²) in [7, 11) is 0. The van der Waals surface area contributed by atoms with Crippen molar-refractivity contribution in [3.05, 3.63) is 22.3 Å². The molecule has 130 valence electrons. The summed E-state index contributed by atoms with van der Waals surface area (Å²) in [5, 5.41) is 19.7. The van der Waals surface area contributed by atoms with Gasteiger partial charge in [0.2, 0.25) is 0 Å². The molecule has 0 aromatic heterocycles. The molecule has 0 bridgehead atoms. The van der Waals surface area contributed by atoms with Gasteiger partial charge in [-0.25, -0.2) is 4.79 Å². The Bertz CT molecular complexity index is 535. The van der Waals surface area contributed by atoms with Crippen LogP contribution in [0.3, 0.4) is 0 Å². The Kier molecular flexibility index (Phi) is 7.93. The Hall–Kier alpha value is -1.71. The maximum absolute atomic E-state index is 11.1. The topological polar surface area (TPSA) is 66.8 Å². The van der Waals surface area contributed by atoms with Gasteiger partial charge in [-0.05, 0) is 49.7 Å². The molecule has 0 amide bonds. The molecule has 0 aliphatic rings. The highest BCUT2D eigenvalue weighted by atomic mass is 16.7. The van der Waals surface area contributed by atoms with Crippen LogP contribution < -0.4 is 4.74 Å². The van der Waals surface area contributed by atoms with Crippen molar-refractivity contribution >= 4 is 6.16 Å². The smallest absolute Gasteiger partial charge is 0.504 e. The summed E-state index contributed by atoms with van der Waals surface area (Å²) in [4.78, 5) is 11.1. The lowest BCUT2D eigenvalue weighted by molar-refractivity contribution is 0.142. The molecular weight excluding hydrogens is 292 g/mol. The van der Waals surface area contributed by atoms with Crippen molar-refractivity contribution in [3.63, 3.8) is 0 Å². The van der Waals surface area contributed by atoms with Crippen LogP contribution in [-0.2, 0) is 25.7 Å². The quantitative estimate of drug-likeness (QED) is 0.481. The van der Waals surface area contributed by atoms with Crippen LogP contribution >= 0.6 is 0 Å². The van der Waals surface area contributed by atoms with E-state index in [-0.39, 0.29) is 11.5 Å². The van der Waals surface area contributed by atoms with E-state index in [1.807, 2.05) is 6.92 Å². The molecule has 0 heterocycles. The third-order valence-corrected chi connectivity index (χ3v) is 4.32. The number of unbranched alkanes of at least 4 members (excludes halogenated alkanes) is 2. The largest absolute Gasteiger partial charge is 0.511 e. The lowest BCUT2D eigenvalue weighted by atomic mass is 9.86. The first-order valence-electron chi connectivity index (χ1n) is 8.80. The average molecular weight is 322 g/mol. The van der Waals surface area contributed by atoms with E-state index in [4.69, 9.17) is 9.84 Å². The Morgan fingerprint density at radius 3 is 1.83 bits per heavy atom. The van der Waals surface area contributed by atoms with E-state index >= 15 is 0 Å². The van der Waals surface area contributed by atoms with Crippen LogP contribution in [0.25, 0.3) is 0 Å². The fourth-order valence-electron chi connectivity index (χ4n) is 3.20. The Morgan fingerprint density at radius 2 is 1.39 bits per heavy atom. The molecule has 0 saturated heterocycles. The van der Waals surface area contributed by atoms with Crippen LogP contribution in [-0.4, -0.2) is 16.4 Å². The number of carbonyl (C=O) groups is 1. The van der Waals surface area contributed by atoms with Gasteiger partial charge in [0.25, 0.3) is 0 Å². The zero-order valence-corrected chi connectivity index (χ0v) is 14.9. The predicted molar refractivity (Wildman–Crippen MR) is 92.7 cm³/mol. The van der Waals surface area contributed by atoms with Gasteiger partial charge >= 0.3 is 6.16 Å². The highest BCUT2D eigenvalue weighted by Gasteiger charge is 2.24. The number of hydrogen-bond acceptors (Lipinski definition) is 3. The molecule has 1 aromatic rings. The van der Waals surface area contributed by atoms with Crippen molar-refractivity contribution in [2.75, 3.05) is 0 Å². The van der Waals surface area contributed by atoms with Crippen molar-refractivity contribution in [1.82, 2.24) is 0 Å². The molecule has 0 aliphatic heterocycles. The molecule has 0 atom stereocenters. The van der Waals surface area contributed by atoms with Crippen molar-refractivity contribution in [3.8, 4) is 11.5 Å². The second kappa shape index (κ2) is 9.43. The van der Waals surface area contributed by atoms with Gasteiger partial charge in [0.05, 0.1) is 0 Å². The van der Waals surface area contributed by atoms with Gasteiger partial charge in [0.15, 0.2) is 11.5 Å². The molecule has 0 fully saturated rings. The molecule has 2 N–H and O–H groups in total. The fourth-order valence-corrected chi connectivity index (χ4v) is 3.20. The maximum atomic E-state index is 11.1. The molecule has 4 heteroatoms. The molecule has 1 rings (SSSR count). The van der Waals surface area contributed by atoms with Gasteiger partial charge in [-0.2, -0.15) is 0 Å². The number of phenols is 1. The van der Waals surface area contributed by atoms with Crippen LogP contribution in [0.1, 0.15) is 75.6 Å².